The van der Waals surface area contributed by atoms with E-state index in [9.17, 15) is 19.8 Å². The molecule has 1 aromatic rings. The number of pyridine rings is 1. The Hall–Kier alpha value is -1.82. The molecular formula is C16H24N2O4. The van der Waals surface area contributed by atoms with Gasteiger partial charge in [-0.15, -0.1) is 0 Å². The normalized spacial score (nSPS) is 17.3. The molecule has 0 aliphatic carbocycles. The molecule has 0 spiro atoms. The molecule has 2 rings (SSSR count). The smallest absolute Gasteiger partial charge is 0.326 e. The fourth-order valence-corrected chi connectivity index (χ4v) is 3.00. The average molecular weight is 308 g/mol. The molecule has 0 amide bonds. The number of hydrogen-bond donors (Lipinski definition) is 2. The molecule has 0 saturated carbocycles. The number of rotatable bonds is 6. The van der Waals surface area contributed by atoms with E-state index in [1.165, 1.54) is 18.7 Å². The number of aromatic nitrogens is 1. The number of nitrogens with zero attached hydrogens (tertiary/aromatic N) is 2. The molecule has 1 unspecified atom stereocenters. The van der Waals surface area contributed by atoms with Crippen molar-refractivity contribution in [3.05, 3.63) is 28.2 Å². The quantitative estimate of drug-likeness (QED) is 0.839. The van der Waals surface area contributed by atoms with E-state index in [2.05, 4.69) is 4.90 Å². The van der Waals surface area contributed by atoms with Crippen molar-refractivity contribution in [1.29, 1.82) is 0 Å². The van der Waals surface area contributed by atoms with E-state index < -0.39 is 23.2 Å². The van der Waals surface area contributed by atoms with Crippen molar-refractivity contribution in [2.45, 2.75) is 51.6 Å². The van der Waals surface area contributed by atoms with Gasteiger partial charge in [0, 0.05) is 18.3 Å². The first kappa shape index (κ1) is 16.5. The number of piperidine rings is 1. The minimum atomic E-state index is -0.940. The Morgan fingerprint density at radius 2 is 2.00 bits per heavy atom. The molecule has 6 nitrogen and oxygen atoms in total. The Morgan fingerprint density at radius 1 is 1.32 bits per heavy atom. The highest BCUT2D eigenvalue weighted by atomic mass is 16.4. The van der Waals surface area contributed by atoms with Crippen LogP contribution in [0.3, 0.4) is 0 Å². The van der Waals surface area contributed by atoms with Gasteiger partial charge in [-0.1, -0.05) is 19.8 Å². The van der Waals surface area contributed by atoms with E-state index in [0.717, 1.165) is 25.9 Å². The molecular weight excluding hydrogens is 284 g/mol. The number of hydrogen-bond acceptors (Lipinski definition) is 4. The molecule has 1 saturated heterocycles. The van der Waals surface area contributed by atoms with Crippen molar-refractivity contribution in [1.82, 2.24) is 9.47 Å². The van der Waals surface area contributed by atoms with Crippen LogP contribution in [0.4, 0.5) is 0 Å². The van der Waals surface area contributed by atoms with Crippen molar-refractivity contribution in [3.8, 4) is 5.75 Å². The van der Waals surface area contributed by atoms with Crippen LogP contribution in [0.25, 0.3) is 0 Å². The molecule has 1 aliphatic heterocycles. The van der Waals surface area contributed by atoms with Crippen LogP contribution < -0.4 is 5.43 Å². The summed E-state index contributed by atoms with van der Waals surface area (Å²) in [4.78, 5) is 25.5. The van der Waals surface area contributed by atoms with Crippen LogP contribution >= 0.6 is 0 Å². The summed E-state index contributed by atoms with van der Waals surface area (Å²) in [5.41, 5.74) is 0.203. The molecule has 1 aliphatic rings. The standard InChI is InChI=1S/C16H24N2O4/c1-2-6-13(16(21)22)18-11-15(20)14(19)9-12(18)10-17-7-4-3-5-8-17/h9,11,13,20H,2-8,10H2,1H3,(H,21,22). The van der Waals surface area contributed by atoms with Gasteiger partial charge in [-0.25, -0.2) is 4.79 Å². The third-order valence-electron chi connectivity index (χ3n) is 4.16. The maximum atomic E-state index is 11.8. The van der Waals surface area contributed by atoms with E-state index in [-0.39, 0.29) is 0 Å². The zero-order valence-corrected chi connectivity index (χ0v) is 13.0. The lowest BCUT2D eigenvalue weighted by Gasteiger charge is -2.29. The minimum Gasteiger partial charge on any atom is -0.503 e. The molecule has 1 fully saturated rings. The van der Waals surface area contributed by atoms with Crippen LogP contribution in [0, 0.1) is 0 Å². The molecule has 122 valence electrons. The number of carboxylic acid groups (broad SMARTS) is 1. The maximum absolute atomic E-state index is 11.8. The molecule has 1 atom stereocenters. The zero-order valence-electron chi connectivity index (χ0n) is 13.0. The first-order valence-corrected chi connectivity index (χ1v) is 7.92. The summed E-state index contributed by atoms with van der Waals surface area (Å²) < 4.78 is 1.55. The van der Waals surface area contributed by atoms with Gasteiger partial charge in [-0.05, 0) is 32.4 Å². The third kappa shape index (κ3) is 3.88. The summed E-state index contributed by atoms with van der Waals surface area (Å²) in [7, 11) is 0. The lowest BCUT2D eigenvalue weighted by Crippen LogP contribution is -2.32. The SMILES string of the molecule is CCCC(C(=O)O)n1cc(O)c(=O)cc1CN1CCCCC1. The number of carboxylic acids is 1. The summed E-state index contributed by atoms with van der Waals surface area (Å²) in [5.74, 6) is -1.34. The van der Waals surface area contributed by atoms with Crippen LogP contribution in [-0.4, -0.2) is 38.7 Å². The summed E-state index contributed by atoms with van der Waals surface area (Å²) in [6, 6.07) is 0.617. The summed E-state index contributed by atoms with van der Waals surface area (Å²) in [6.07, 6.45) is 5.92. The highest BCUT2D eigenvalue weighted by Gasteiger charge is 2.22. The van der Waals surface area contributed by atoms with Crippen molar-refractivity contribution in [3.63, 3.8) is 0 Å². The highest BCUT2D eigenvalue weighted by molar-refractivity contribution is 5.72. The van der Waals surface area contributed by atoms with Crippen LogP contribution in [0.1, 0.15) is 50.8 Å². The Bertz CT molecular complexity index is 576. The monoisotopic (exact) mass is 308 g/mol. The minimum absolute atomic E-state index is 0.398. The van der Waals surface area contributed by atoms with E-state index in [0.29, 0.717) is 25.1 Å². The van der Waals surface area contributed by atoms with Crippen molar-refractivity contribution < 1.29 is 15.0 Å². The molecule has 0 bridgehead atoms. The molecule has 0 aromatic carbocycles. The van der Waals surface area contributed by atoms with E-state index in [1.807, 2.05) is 6.92 Å². The first-order chi connectivity index (χ1) is 10.5. The number of likely N-dealkylation sites (tertiary alicyclic amines) is 1. The van der Waals surface area contributed by atoms with Gasteiger partial charge in [0.25, 0.3) is 0 Å². The van der Waals surface area contributed by atoms with Gasteiger partial charge in [0.2, 0.25) is 5.43 Å². The predicted octanol–water partition coefficient (Wildman–Crippen LogP) is 1.97. The Balaban J connectivity index is 2.35. The van der Waals surface area contributed by atoms with Gasteiger partial charge < -0.3 is 14.8 Å². The van der Waals surface area contributed by atoms with Crippen LogP contribution in [-0.2, 0) is 11.3 Å². The van der Waals surface area contributed by atoms with Crippen LogP contribution in [0.5, 0.6) is 5.75 Å². The van der Waals surface area contributed by atoms with E-state index >= 15 is 0 Å². The number of aromatic hydroxyl groups is 1. The van der Waals surface area contributed by atoms with Gasteiger partial charge in [0.05, 0.1) is 6.20 Å². The van der Waals surface area contributed by atoms with Crippen molar-refractivity contribution >= 4 is 5.97 Å². The van der Waals surface area contributed by atoms with Crippen molar-refractivity contribution in [2.24, 2.45) is 0 Å². The lowest BCUT2D eigenvalue weighted by molar-refractivity contribution is -0.141. The van der Waals surface area contributed by atoms with Gasteiger partial charge in [-0.2, -0.15) is 0 Å². The second-order valence-corrected chi connectivity index (χ2v) is 5.90. The summed E-state index contributed by atoms with van der Waals surface area (Å²) >= 11 is 0. The average Bonchev–Trinajstić information content (AvgIpc) is 2.49. The fraction of sp³-hybridized carbons (Fsp3) is 0.625. The fourth-order valence-electron chi connectivity index (χ4n) is 3.00. The summed E-state index contributed by atoms with van der Waals surface area (Å²) in [5, 5.41) is 19.1. The third-order valence-corrected chi connectivity index (χ3v) is 4.16. The molecule has 22 heavy (non-hydrogen) atoms. The van der Waals surface area contributed by atoms with Crippen molar-refractivity contribution in [2.75, 3.05) is 13.1 Å². The first-order valence-electron chi connectivity index (χ1n) is 7.92. The molecule has 1 aromatic heterocycles. The second-order valence-electron chi connectivity index (χ2n) is 5.90. The lowest BCUT2D eigenvalue weighted by atomic mass is 10.1. The topological polar surface area (TPSA) is 82.8 Å². The van der Waals surface area contributed by atoms with Gasteiger partial charge in [0.15, 0.2) is 5.75 Å². The molecule has 0 radical (unpaired) electrons. The largest absolute Gasteiger partial charge is 0.503 e. The molecule has 6 heteroatoms. The van der Waals surface area contributed by atoms with Gasteiger partial charge in [0.1, 0.15) is 6.04 Å². The molecule has 2 heterocycles. The Morgan fingerprint density at radius 3 is 2.59 bits per heavy atom. The predicted molar refractivity (Wildman–Crippen MR) is 83.1 cm³/mol. The zero-order chi connectivity index (χ0) is 16.1. The van der Waals surface area contributed by atoms with E-state index in [1.54, 1.807) is 4.57 Å². The van der Waals surface area contributed by atoms with Gasteiger partial charge >= 0.3 is 5.97 Å². The van der Waals surface area contributed by atoms with E-state index in [4.69, 9.17) is 0 Å². The number of aliphatic carboxylic acids is 1. The maximum Gasteiger partial charge on any atom is 0.326 e. The van der Waals surface area contributed by atoms with Crippen LogP contribution in [0.15, 0.2) is 17.1 Å². The Labute approximate surface area is 130 Å². The second kappa shape index (κ2) is 7.45. The highest BCUT2D eigenvalue weighted by Crippen LogP contribution is 2.21. The Kier molecular flexibility index (Phi) is 5.60. The molecule has 2 N–H and O–H groups in total. The summed E-state index contributed by atoms with van der Waals surface area (Å²) in [6.45, 7) is 4.38. The van der Waals surface area contributed by atoms with Gasteiger partial charge in [-0.3, -0.25) is 9.69 Å². The van der Waals surface area contributed by atoms with Crippen LogP contribution in [0.2, 0.25) is 0 Å². The number of carbonyl (C=O) groups is 1.